The number of H-pyrrole nitrogens is 1. The number of furan rings is 1. The van der Waals surface area contributed by atoms with E-state index < -0.39 is 4.92 Å². The van der Waals surface area contributed by atoms with Crippen LogP contribution in [-0.2, 0) is 0 Å². The molecule has 0 atom stereocenters. The Bertz CT molecular complexity index is 1410. The maximum Gasteiger partial charge on any atom is 0.269 e. The van der Waals surface area contributed by atoms with E-state index in [2.05, 4.69) is 9.97 Å². The highest BCUT2D eigenvalue weighted by atomic mass is 16.6. The molecular formula is C22H14N4O4. The van der Waals surface area contributed by atoms with Crippen molar-refractivity contribution >= 4 is 28.2 Å². The maximum absolute atomic E-state index is 12.3. The number of aryl methyl sites for hydroxylation is 1. The van der Waals surface area contributed by atoms with Crippen molar-refractivity contribution in [3.8, 4) is 17.4 Å². The van der Waals surface area contributed by atoms with Crippen molar-refractivity contribution in [2.45, 2.75) is 6.92 Å². The quantitative estimate of drug-likeness (QED) is 0.307. The van der Waals surface area contributed by atoms with Crippen molar-refractivity contribution < 1.29 is 9.34 Å². The number of rotatable bonds is 4. The summed E-state index contributed by atoms with van der Waals surface area (Å²) in [6.07, 6.45) is 1.48. The second-order valence-electron chi connectivity index (χ2n) is 6.61. The van der Waals surface area contributed by atoms with Gasteiger partial charge in [-0.1, -0.05) is 6.07 Å². The zero-order valence-electron chi connectivity index (χ0n) is 15.7. The Hall–Kier alpha value is -4.51. The number of nitro benzene ring substituents is 1. The number of nitriles is 1. The summed E-state index contributed by atoms with van der Waals surface area (Å²) in [5.74, 6) is 1.02. The first-order chi connectivity index (χ1) is 14.4. The highest BCUT2D eigenvalue weighted by Crippen LogP contribution is 2.26. The van der Waals surface area contributed by atoms with Gasteiger partial charge in [-0.25, -0.2) is 4.98 Å². The van der Waals surface area contributed by atoms with Gasteiger partial charge in [0.25, 0.3) is 11.2 Å². The van der Waals surface area contributed by atoms with E-state index in [-0.39, 0.29) is 22.6 Å². The lowest BCUT2D eigenvalue weighted by Gasteiger charge is -2.02. The third-order valence-electron chi connectivity index (χ3n) is 4.51. The van der Waals surface area contributed by atoms with Crippen molar-refractivity contribution in [1.29, 1.82) is 5.26 Å². The molecule has 4 aromatic rings. The lowest BCUT2D eigenvalue weighted by atomic mass is 10.1. The van der Waals surface area contributed by atoms with Gasteiger partial charge in [0, 0.05) is 23.8 Å². The van der Waals surface area contributed by atoms with E-state index in [9.17, 15) is 20.2 Å². The number of non-ortho nitro benzene ring substituents is 1. The number of nitrogens with one attached hydrogen (secondary N) is 1. The smallest absolute Gasteiger partial charge is 0.269 e. The van der Waals surface area contributed by atoms with E-state index in [1.165, 1.54) is 18.2 Å². The first kappa shape index (κ1) is 18.8. The lowest BCUT2D eigenvalue weighted by molar-refractivity contribution is -0.384. The Balaban J connectivity index is 1.70. The number of hydrogen-bond donors (Lipinski definition) is 1. The molecule has 0 unspecified atom stereocenters. The third kappa shape index (κ3) is 3.59. The molecule has 4 rings (SSSR count). The molecule has 0 saturated carbocycles. The van der Waals surface area contributed by atoms with E-state index in [0.717, 1.165) is 5.56 Å². The Morgan fingerprint density at radius 2 is 1.97 bits per heavy atom. The van der Waals surface area contributed by atoms with Crippen molar-refractivity contribution in [3.05, 3.63) is 92.2 Å². The predicted octanol–water partition coefficient (Wildman–Crippen LogP) is 4.46. The number of aromatic amines is 1. The summed E-state index contributed by atoms with van der Waals surface area (Å²) in [7, 11) is 0. The summed E-state index contributed by atoms with van der Waals surface area (Å²) < 4.78 is 5.74. The van der Waals surface area contributed by atoms with Crippen LogP contribution < -0.4 is 5.56 Å². The van der Waals surface area contributed by atoms with Crippen LogP contribution in [0.2, 0.25) is 0 Å². The van der Waals surface area contributed by atoms with Crippen LogP contribution in [0.25, 0.3) is 33.9 Å². The van der Waals surface area contributed by atoms with Crippen molar-refractivity contribution in [2.75, 3.05) is 0 Å². The van der Waals surface area contributed by atoms with E-state index in [4.69, 9.17) is 4.42 Å². The summed E-state index contributed by atoms with van der Waals surface area (Å²) >= 11 is 0. The first-order valence-corrected chi connectivity index (χ1v) is 8.92. The highest BCUT2D eigenvalue weighted by molar-refractivity contribution is 5.88. The Labute approximate surface area is 169 Å². The van der Waals surface area contributed by atoms with Gasteiger partial charge < -0.3 is 9.40 Å². The van der Waals surface area contributed by atoms with Crippen LogP contribution in [0.1, 0.15) is 17.1 Å². The molecule has 8 heteroatoms. The Kier molecular flexibility index (Phi) is 4.70. The van der Waals surface area contributed by atoms with Crippen LogP contribution in [0.3, 0.4) is 0 Å². The molecule has 2 heterocycles. The summed E-state index contributed by atoms with van der Waals surface area (Å²) in [6.45, 7) is 1.89. The van der Waals surface area contributed by atoms with E-state index >= 15 is 0 Å². The summed E-state index contributed by atoms with van der Waals surface area (Å²) in [4.78, 5) is 29.7. The molecule has 0 fully saturated rings. The lowest BCUT2D eigenvalue weighted by Crippen LogP contribution is -2.11. The normalized spacial score (nSPS) is 11.4. The van der Waals surface area contributed by atoms with Crippen molar-refractivity contribution in [2.24, 2.45) is 0 Å². The molecule has 0 amide bonds. The fourth-order valence-electron chi connectivity index (χ4n) is 3.01. The largest absolute Gasteiger partial charge is 0.457 e. The predicted molar refractivity (Wildman–Crippen MR) is 111 cm³/mol. The summed E-state index contributed by atoms with van der Waals surface area (Å²) in [5, 5.41) is 20.8. The van der Waals surface area contributed by atoms with Crippen LogP contribution in [0.4, 0.5) is 5.69 Å². The average molecular weight is 398 g/mol. The number of hydrogen-bond acceptors (Lipinski definition) is 6. The number of aromatic nitrogens is 2. The average Bonchev–Trinajstić information content (AvgIpc) is 3.20. The van der Waals surface area contributed by atoms with Gasteiger partial charge in [-0.05, 0) is 48.9 Å². The molecule has 2 aromatic carbocycles. The molecule has 146 valence electrons. The van der Waals surface area contributed by atoms with Crippen LogP contribution >= 0.6 is 0 Å². The molecule has 0 bridgehead atoms. The van der Waals surface area contributed by atoms with Gasteiger partial charge in [-0.3, -0.25) is 14.9 Å². The van der Waals surface area contributed by atoms with Gasteiger partial charge in [0.1, 0.15) is 17.6 Å². The summed E-state index contributed by atoms with van der Waals surface area (Å²) in [6, 6.07) is 16.6. The molecule has 0 aliphatic rings. The minimum atomic E-state index is -0.474. The van der Waals surface area contributed by atoms with E-state index in [1.807, 2.05) is 19.1 Å². The molecule has 0 radical (unpaired) electrons. The molecule has 0 spiro atoms. The first-order valence-electron chi connectivity index (χ1n) is 8.92. The molecule has 1 N–H and O–H groups in total. The second-order valence-corrected chi connectivity index (χ2v) is 6.61. The zero-order chi connectivity index (χ0) is 21.3. The number of fused-ring (bicyclic) bond motifs is 1. The molecular weight excluding hydrogens is 384 g/mol. The third-order valence-corrected chi connectivity index (χ3v) is 4.51. The number of nitro groups is 1. The van der Waals surface area contributed by atoms with Gasteiger partial charge in [0.05, 0.1) is 21.4 Å². The monoisotopic (exact) mass is 398 g/mol. The fourth-order valence-corrected chi connectivity index (χ4v) is 3.01. The molecule has 8 nitrogen and oxygen atoms in total. The van der Waals surface area contributed by atoms with Gasteiger partial charge in [-0.15, -0.1) is 0 Å². The standard InChI is InChI=1S/C22H14N4O4/c1-13-2-8-18-19(10-13)24-21(25-22(18)27)15(12-23)11-17-7-9-20(30-17)14-3-5-16(6-4-14)26(28)29/h2-11H,1H3,(H,24,25,27). The summed E-state index contributed by atoms with van der Waals surface area (Å²) in [5.41, 5.74) is 1.90. The molecule has 0 saturated heterocycles. The number of benzene rings is 2. The van der Waals surface area contributed by atoms with Crippen LogP contribution in [0, 0.1) is 28.4 Å². The minimum Gasteiger partial charge on any atom is -0.457 e. The SMILES string of the molecule is Cc1ccc2c(=O)[nH]c(C(C#N)=Cc3ccc(-c4ccc([N+](=O)[O-])cc4)o3)nc2c1. The van der Waals surface area contributed by atoms with E-state index in [0.29, 0.717) is 28.0 Å². The topological polar surface area (TPSA) is 126 Å². The van der Waals surface area contributed by atoms with Crippen LogP contribution in [0.15, 0.2) is 63.8 Å². The van der Waals surface area contributed by atoms with E-state index in [1.54, 1.807) is 36.4 Å². The van der Waals surface area contributed by atoms with Crippen molar-refractivity contribution in [3.63, 3.8) is 0 Å². The number of allylic oxidation sites excluding steroid dienone is 1. The van der Waals surface area contributed by atoms with Gasteiger partial charge >= 0.3 is 0 Å². The maximum atomic E-state index is 12.3. The molecule has 2 aromatic heterocycles. The number of nitrogens with zero attached hydrogens (tertiary/aromatic N) is 3. The van der Waals surface area contributed by atoms with Crippen molar-refractivity contribution in [1.82, 2.24) is 9.97 Å². The van der Waals surface area contributed by atoms with Gasteiger partial charge in [0.15, 0.2) is 5.82 Å². The highest BCUT2D eigenvalue weighted by Gasteiger charge is 2.11. The second kappa shape index (κ2) is 7.48. The molecule has 30 heavy (non-hydrogen) atoms. The van der Waals surface area contributed by atoms with Crippen LogP contribution in [-0.4, -0.2) is 14.9 Å². The molecule has 0 aliphatic carbocycles. The zero-order valence-corrected chi connectivity index (χ0v) is 15.7. The Morgan fingerprint density at radius 3 is 2.67 bits per heavy atom. The van der Waals surface area contributed by atoms with Gasteiger partial charge in [-0.2, -0.15) is 5.26 Å². The van der Waals surface area contributed by atoms with Crippen LogP contribution in [0.5, 0.6) is 0 Å². The van der Waals surface area contributed by atoms with Gasteiger partial charge in [0.2, 0.25) is 0 Å². The molecule has 0 aliphatic heterocycles. The fraction of sp³-hybridized carbons (Fsp3) is 0.0455. The Morgan fingerprint density at radius 1 is 1.20 bits per heavy atom. The minimum absolute atomic E-state index is 0.0150.